The lowest BCUT2D eigenvalue weighted by atomic mass is 10.1. The molecule has 1 aliphatic rings. The van der Waals surface area contributed by atoms with Crippen molar-refractivity contribution in [2.24, 2.45) is 0 Å². The molecule has 3 rings (SSSR count). The highest BCUT2D eigenvalue weighted by molar-refractivity contribution is 5.92. The van der Waals surface area contributed by atoms with Gasteiger partial charge < -0.3 is 9.47 Å². The summed E-state index contributed by atoms with van der Waals surface area (Å²) in [6, 6.07) is 14.2. The maximum Gasteiger partial charge on any atom is 0.247 e. The van der Waals surface area contributed by atoms with Gasteiger partial charge >= 0.3 is 0 Å². The van der Waals surface area contributed by atoms with Crippen LogP contribution in [0.25, 0.3) is 6.08 Å². The highest BCUT2D eigenvalue weighted by atomic mass is 16.2. The molecule has 3 heteroatoms. The first-order valence-corrected chi connectivity index (χ1v) is 6.94. The first-order valence-electron chi connectivity index (χ1n) is 6.94. The number of carbonyl (C=O) groups excluding carboxylic acids is 1. The molecule has 0 radical (unpaired) electrons. The van der Waals surface area contributed by atoms with Crippen LogP contribution in [0.1, 0.15) is 24.2 Å². The van der Waals surface area contributed by atoms with Gasteiger partial charge in [-0.05, 0) is 30.7 Å². The van der Waals surface area contributed by atoms with Gasteiger partial charge in [0, 0.05) is 31.1 Å². The number of rotatable bonds is 2. The smallest absolute Gasteiger partial charge is 0.247 e. The van der Waals surface area contributed by atoms with Crippen LogP contribution in [0.15, 0.2) is 54.7 Å². The topological polar surface area (TPSA) is 25.2 Å². The monoisotopic (exact) mass is 266 g/mol. The van der Waals surface area contributed by atoms with Crippen LogP contribution in [0.3, 0.4) is 0 Å². The van der Waals surface area contributed by atoms with E-state index in [4.69, 9.17) is 0 Å². The molecule has 20 heavy (non-hydrogen) atoms. The number of hydrogen-bond donors (Lipinski definition) is 0. The van der Waals surface area contributed by atoms with Crippen LogP contribution in [0.5, 0.6) is 0 Å². The maximum atomic E-state index is 12.3. The average Bonchev–Trinajstić information content (AvgIpc) is 2.96. The Hall–Kier alpha value is -2.29. The van der Waals surface area contributed by atoms with E-state index in [1.165, 1.54) is 5.69 Å². The zero-order valence-corrected chi connectivity index (χ0v) is 11.6. The molecule has 1 aromatic carbocycles. The van der Waals surface area contributed by atoms with E-state index in [0.717, 1.165) is 18.7 Å². The lowest BCUT2D eigenvalue weighted by molar-refractivity contribution is -0.129. The minimum Gasteiger partial charge on any atom is -0.348 e. The van der Waals surface area contributed by atoms with E-state index in [2.05, 4.69) is 23.8 Å². The number of fused-ring (bicyclic) bond motifs is 1. The number of amides is 1. The summed E-state index contributed by atoms with van der Waals surface area (Å²) in [7, 11) is 0. The maximum absolute atomic E-state index is 12.3. The molecule has 0 saturated carbocycles. The van der Waals surface area contributed by atoms with E-state index in [1.807, 2.05) is 47.4 Å². The second-order valence-electron chi connectivity index (χ2n) is 5.08. The van der Waals surface area contributed by atoms with Crippen LogP contribution in [-0.2, 0) is 11.3 Å². The molecule has 2 heterocycles. The van der Waals surface area contributed by atoms with Crippen LogP contribution >= 0.6 is 0 Å². The molecule has 0 unspecified atom stereocenters. The first-order chi connectivity index (χ1) is 9.75. The summed E-state index contributed by atoms with van der Waals surface area (Å²) in [5, 5.41) is 0. The molecule has 1 amide bonds. The van der Waals surface area contributed by atoms with Crippen LogP contribution < -0.4 is 0 Å². The van der Waals surface area contributed by atoms with Gasteiger partial charge in [0.05, 0.1) is 6.04 Å². The molecule has 0 aliphatic carbocycles. The highest BCUT2D eigenvalue weighted by Crippen LogP contribution is 2.25. The Labute approximate surface area is 119 Å². The van der Waals surface area contributed by atoms with Gasteiger partial charge in [-0.3, -0.25) is 4.79 Å². The predicted octanol–water partition coefficient (Wildman–Crippen LogP) is 3.10. The summed E-state index contributed by atoms with van der Waals surface area (Å²) in [4.78, 5) is 14.3. The summed E-state index contributed by atoms with van der Waals surface area (Å²) in [6.07, 6.45) is 5.63. The Morgan fingerprint density at radius 3 is 2.75 bits per heavy atom. The van der Waals surface area contributed by atoms with E-state index in [-0.39, 0.29) is 11.9 Å². The zero-order chi connectivity index (χ0) is 13.9. The molecule has 0 spiro atoms. The average molecular weight is 266 g/mol. The summed E-state index contributed by atoms with van der Waals surface area (Å²) in [5.41, 5.74) is 2.26. The molecule has 1 aliphatic heterocycles. The van der Waals surface area contributed by atoms with Gasteiger partial charge in [0.25, 0.3) is 0 Å². The van der Waals surface area contributed by atoms with Crippen molar-refractivity contribution >= 4 is 12.0 Å². The Balaban J connectivity index is 1.74. The Bertz CT molecular complexity index is 627. The molecule has 0 saturated heterocycles. The number of carbonyl (C=O) groups is 1. The number of nitrogens with zero attached hydrogens (tertiary/aromatic N) is 2. The Kier molecular flexibility index (Phi) is 3.42. The molecule has 3 nitrogen and oxygen atoms in total. The summed E-state index contributed by atoms with van der Waals surface area (Å²) >= 11 is 0. The van der Waals surface area contributed by atoms with Crippen molar-refractivity contribution in [2.45, 2.75) is 19.5 Å². The summed E-state index contributed by atoms with van der Waals surface area (Å²) in [6.45, 7) is 3.72. The van der Waals surface area contributed by atoms with Crippen LogP contribution in [-0.4, -0.2) is 21.9 Å². The second-order valence-corrected chi connectivity index (χ2v) is 5.08. The SMILES string of the molecule is C[C@H]1c2cccn2CCN1C(=O)/C=C/c1ccccc1. The fourth-order valence-corrected chi connectivity index (χ4v) is 2.71. The number of hydrogen-bond acceptors (Lipinski definition) is 1. The molecule has 0 N–H and O–H groups in total. The van der Waals surface area contributed by atoms with Gasteiger partial charge in [-0.15, -0.1) is 0 Å². The minimum absolute atomic E-state index is 0.0776. The normalized spacial score (nSPS) is 18.2. The lowest BCUT2D eigenvalue weighted by Crippen LogP contribution is -2.39. The standard InChI is InChI=1S/C17H18N2O/c1-14-16-8-5-11-18(16)12-13-19(14)17(20)10-9-15-6-3-2-4-7-15/h2-11,14H,12-13H2,1H3/b10-9+/t14-/m0/s1. The molecule has 0 fully saturated rings. The number of benzene rings is 1. The first kappa shape index (κ1) is 12.7. The van der Waals surface area contributed by atoms with Crippen LogP contribution in [0.2, 0.25) is 0 Å². The van der Waals surface area contributed by atoms with Gasteiger partial charge in [0.1, 0.15) is 0 Å². The van der Waals surface area contributed by atoms with Gasteiger partial charge in [-0.2, -0.15) is 0 Å². The third-order valence-electron chi connectivity index (χ3n) is 3.84. The van der Waals surface area contributed by atoms with Crippen molar-refractivity contribution in [3.8, 4) is 0 Å². The van der Waals surface area contributed by atoms with E-state index in [9.17, 15) is 4.79 Å². The third-order valence-corrected chi connectivity index (χ3v) is 3.84. The zero-order valence-electron chi connectivity index (χ0n) is 11.6. The summed E-state index contributed by atoms with van der Waals surface area (Å²) < 4.78 is 2.22. The molecule has 0 bridgehead atoms. The quantitative estimate of drug-likeness (QED) is 0.767. The van der Waals surface area contributed by atoms with Crippen molar-refractivity contribution in [3.63, 3.8) is 0 Å². The molecular weight excluding hydrogens is 248 g/mol. The van der Waals surface area contributed by atoms with Crippen molar-refractivity contribution in [1.82, 2.24) is 9.47 Å². The molecule has 102 valence electrons. The van der Waals surface area contributed by atoms with Crippen molar-refractivity contribution in [3.05, 3.63) is 66.0 Å². The van der Waals surface area contributed by atoms with Gasteiger partial charge in [-0.25, -0.2) is 0 Å². The van der Waals surface area contributed by atoms with E-state index in [1.54, 1.807) is 6.08 Å². The molecule has 1 atom stereocenters. The van der Waals surface area contributed by atoms with E-state index in [0.29, 0.717) is 0 Å². The fraction of sp³-hybridized carbons (Fsp3) is 0.235. The van der Waals surface area contributed by atoms with Gasteiger partial charge in [-0.1, -0.05) is 30.3 Å². The van der Waals surface area contributed by atoms with Crippen LogP contribution in [0.4, 0.5) is 0 Å². The van der Waals surface area contributed by atoms with Gasteiger partial charge in [0.2, 0.25) is 5.91 Å². The molecule has 1 aromatic heterocycles. The van der Waals surface area contributed by atoms with Crippen molar-refractivity contribution < 1.29 is 4.79 Å². The highest BCUT2D eigenvalue weighted by Gasteiger charge is 2.25. The Morgan fingerprint density at radius 2 is 1.95 bits per heavy atom. The van der Waals surface area contributed by atoms with Crippen molar-refractivity contribution in [2.75, 3.05) is 6.54 Å². The second kappa shape index (κ2) is 5.37. The van der Waals surface area contributed by atoms with E-state index >= 15 is 0 Å². The Morgan fingerprint density at radius 1 is 1.15 bits per heavy atom. The third kappa shape index (κ3) is 2.39. The fourth-order valence-electron chi connectivity index (χ4n) is 2.71. The lowest BCUT2D eigenvalue weighted by Gasteiger charge is -2.34. The molecule has 2 aromatic rings. The largest absolute Gasteiger partial charge is 0.348 e. The molecular formula is C17H18N2O. The van der Waals surface area contributed by atoms with E-state index < -0.39 is 0 Å². The van der Waals surface area contributed by atoms with Crippen LogP contribution in [0, 0.1) is 0 Å². The number of aromatic nitrogens is 1. The minimum atomic E-state index is 0.0776. The predicted molar refractivity (Wildman–Crippen MR) is 80.0 cm³/mol. The van der Waals surface area contributed by atoms with Crippen molar-refractivity contribution in [1.29, 1.82) is 0 Å². The summed E-state index contributed by atoms with van der Waals surface area (Å²) in [5.74, 6) is 0.0776. The van der Waals surface area contributed by atoms with Gasteiger partial charge in [0.15, 0.2) is 0 Å².